The van der Waals surface area contributed by atoms with E-state index >= 15 is 0 Å². The topological polar surface area (TPSA) is 81.8 Å². The van der Waals surface area contributed by atoms with Crippen LogP contribution in [0.3, 0.4) is 0 Å². The molecule has 1 aromatic carbocycles. The van der Waals surface area contributed by atoms with Crippen molar-refractivity contribution >= 4 is 5.91 Å². The third-order valence-electron chi connectivity index (χ3n) is 3.65. The maximum atomic E-state index is 12.1. The summed E-state index contributed by atoms with van der Waals surface area (Å²) < 4.78 is 3.16. The molecule has 0 aliphatic rings. The number of nitrogens with one attached hydrogen (secondary N) is 1. The predicted octanol–water partition coefficient (Wildman–Crippen LogP) is 0.955. The van der Waals surface area contributed by atoms with E-state index in [9.17, 15) is 9.59 Å². The third kappa shape index (κ3) is 3.75. The van der Waals surface area contributed by atoms with E-state index in [-0.39, 0.29) is 11.5 Å². The zero-order valence-corrected chi connectivity index (χ0v) is 13.2. The number of aromatic nitrogens is 4. The van der Waals surface area contributed by atoms with Crippen LogP contribution in [-0.2, 0) is 20.1 Å². The Hall–Kier alpha value is -3.22. The number of benzene rings is 1. The molecule has 24 heavy (non-hydrogen) atoms. The number of carbonyl (C=O) groups is 1. The second kappa shape index (κ2) is 6.91. The highest BCUT2D eigenvalue weighted by molar-refractivity contribution is 5.93. The summed E-state index contributed by atoms with van der Waals surface area (Å²) in [5.74, 6) is -0.264. The van der Waals surface area contributed by atoms with Crippen molar-refractivity contribution in [1.82, 2.24) is 24.6 Å². The lowest BCUT2D eigenvalue weighted by Gasteiger charge is -2.07. The van der Waals surface area contributed by atoms with Crippen LogP contribution >= 0.6 is 0 Å². The highest BCUT2D eigenvalue weighted by Crippen LogP contribution is 2.06. The van der Waals surface area contributed by atoms with Crippen LogP contribution in [0.25, 0.3) is 0 Å². The summed E-state index contributed by atoms with van der Waals surface area (Å²) in [6.45, 7) is 1.05. The van der Waals surface area contributed by atoms with Gasteiger partial charge in [-0.3, -0.25) is 9.59 Å². The lowest BCUT2D eigenvalue weighted by molar-refractivity contribution is 0.0950. The molecule has 0 atom stereocenters. The van der Waals surface area contributed by atoms with E-state index in [2.05, 4.69) is 15.4 Å². The molecule has 0 spiro atoms. The summed E-state index contributed by atoms with van der Waals surface area (Å²) in [7, 11) is 1.64. The monoisotopic (exact) mass is 323 g/mol. The molecule has 7 nitrogen and oxygen atoms in total. The maximum absolute atomic E-state index is 12.1. The summed E-state index contributed by atoms with van der Waals surface area (Å²) in [6, 6.07) is 10.8. The fourth-order valence-corrected chi connectivity index (χ4v) is 2.24. The minimum atomic E-state index is -0.264. The van der Waals surface area contributed by atoms with Gasteiger partial charge in [0.1, 0.15) is 12.7 Å². The number of aryl methyl sites for hydroxylation is 1. The Labute approximate surface area is 138 Å². The Kier molecular flexibility index (Phi) is 4.51. The summed E-state index contributed by atoms with van der Waals surface area (Å²) >= 11 is 0. The molecular weight excluding hydrogens is 306 g/mol. The number of amides is 1. The second-order valence-corrected chi connectivity index (χ2v) is 5.46. The van der Waals surface area contributed by atoms with Gasteiger partial charge in [0, 0.05) is 31.4 Å². The van der Waals surface area contributed by atoms with Gasteiger partial charge in [-0.05, 0) is 17.2 Å². The van der Waals surface area contributed by atoms with E-state index in [0.717, 1.165) is 11.1 Å². The Morgan fingerprint density at radius 3 is 2.58 bits per heavy atom. The van der Waals surface area contributed by atoms with Gasteiger partial charge in [-0.15, -0.1) is 0 Å². The fraction of sp³-hybridized carbons (Fsp3) is 0.176. The molecule has 0 fully saturated rings. The van der Waals surface area contributed by atoms with Crippen LogP contribution in [-0.4, -0.2) is 25.2 Å². The minimum absolute atomic E-state index is 0.208. The van der Waals surface area contributed by atoms with Crippen LogP contribution in [0.5, 0.6) is 0 Å². The number of hydrogen-bond donors (Lipinski definition) is 1. The number of nitrogens with zero attached hydrogens (tertiary/aromatic N) is 4. The Balaban J connectivity index is 1.59. The molecule has 3 rings (SSSR count). The molecule has 0 bridgehead atoms. The molecule has 3 aromatic rings. The van der Waals surface area contributed by atoms with Crippen molar-refractivity contribution in [3.8, 4) is 0 Å². The zero-order chi connectivity index (χ0) is 16.9. The van der Waals surface area contributed by atoms with Gasteiger partial charge in [0.15, 0.2) is 0 Å². The van der Waals surface area contributed by atoms with Gasteiger partial charge in [0.25, 0.3) is 11.5 Å². The molecule has 0 saturated carbocycles. The number of hydrogen-bond acceptors (Lipinski definition) is 4. The van der Waals surface area contributed by atoms with E-state index in [0.29, 0.717) is 18.7 Å². The van der Waals surface area contributed by atoms with E-state index < -0.39 is 0 Å². The quantitative estimate of drug-likeness (QED) is 0.758. The Bertz CT molecular complexity index is 882. The molecule has 0 unspecified atom stereocenters. The van der Waals surface area contributed by atoms with Gasteiger partial charge < -0.3 is 9.88 Å². The van der Waals surface area contributed by atoms with E-state index in [4.69, 9.17) is 0 Å². The smallest absolute Gasteiger partial charge is 0.251 e. The lowest BCUT2D eigenvalue weighted by atomic mass is 10.1. The first-order chi connectivity index (χ1) is 11.6. The molecule has 0 aliphatic carbocycles. The van der Waals surface area contributed by atoms with Gasteiger partial charge in [-0.1, -0.05) is 24.3 Å². The van der Waals surface area contributed by atoms with Crippen molar-refractivity contribution < 1.29 is 4.79 Å². The molecule has 0 saturated heterocycles. The summed E-state index contributed by atoms with van der Waals surface area (Å²) in [4.78, 5) is 27.5. The van der Waals surface area contributed by atoms with Gasteiger partial charge in [-0.25, -0.2) is 9.67 Å². The molecule has 0 radical (unpaired) electrons. The first-order valence-corrected chi connectivity index (χ1v) is 7.47. The van der Waals surface area contributed by atoms with Crippen molar-refractivity contribution in [1.29, 1.82) is 0 Å². The van der Waals surface area contributed by atoms with Gasteiger partial charge in [0.2, 0.25) is 0 Å². The molecule has 0 aliphatic heterocycles. The molecule has 1 amide bonds. The van der Waals surface area contributed by atoms with Gasteiger partial charge in [0.05, 0.1) is 6.54 Å². The summed E-state index contributed by atoms with van der Waals surface area (Å²) in [5, 5.41) is 6.87. The fourth-order valence-electron chi connectivity index (χ4n) is 2.24. The molecular formula is C17H17N5O2. The van der Waals surface area contributed by atoms with E-state index in [1.54, 1.807) is 30.3 Å². The van der Waals surface area contributed by atoms with Crippen molar-refractivity contribution in [2.24, 2.45) is 7.05 Å². The van der Waals surface area contributed by atoms with Crippen molar-refractivity contribution in [2.75, 3.05) is 0 Å². The van der Waals surface area contributed by atoms with Gasteiger partial charge in [-0.2, -0.15) is 5.10 Å². The van der Waals surface area contributed by atoms with Crippen LogP contribution in [0.2, 0.25) is 0 Å². The number of carbonyl (C=O) groups excluding carboxylic acids is 1. The average Bonchev–Trinajstić information content (AvgIpc) is 3.09. The highest BCUT2D eigenvalue weighted by atomic mass is 16.2. The number of rotatable bonds is 5. The van der Waals surface area contributed by atoms with E-state index in [1.807, 2.05) is 24.3 Å². The third-order valence-corrected chi connectivity index (χ3v) is 3.65. The SMILES string of the molecule is Cn1ccc(C(=O)NCc2ccc(Cn3cncn3)cc2)cc1=O. The standard InChI is InChI=1S/C17H17N5O2/c1-21-7-6-15(8-16(21)23)17(24)19-9-13-2-4-14(5-3-13)10-22-12-18-11-20-22/h2-8,11-12H,9-10H2,1H3,(H,19,24). The first kappa shape index (κ1) is 15.7. The van der Waals surface area contributed by atoms with Crippen LogP contribution in [0, 0.1) is 0 Å². The Morgan fingerprint density at radius 2 is 1.92 bits per heavy atom. The highest BCUT2D eigenvalue weighted by Gasteiger charge is 2.06. The van der Waals surface area contributed by atoms with Crippen molar-refractivity contribution in [3.05, 3.63) is 82.3 Å². The lowest BCUT2D eigenvalue weighted by Crippen LogP contribution is -2.25. The van der Waals surface area contributed by atoms with Crippen molar-refractivity contribution in [3.63, 3.8) is 0 Å². The average molecular weight is 323 g/mol. The van der Waals surface area contributed by atoms with Gasteiger partial charge >= 0.3 is 0 Å². The predicted molar refractivity (Wildman–Crippen MR) is 88.4 cm³/mol. The van der Waals surface area contributed by atoms with E-state index in [1.165, 1.54) is 17.0 Å². The molecule has 2 aromatic heterocycles. The minimum Gasteiger partial charge on any atom is -0.348 e. The van der Waals surface area contributed by atoms with Crippen LogP contribution in [0.1, 0.15) is 21.5 Å². The maximum Gasteiger partial charge on any atom is 0.251 e. The molecule has 122 valence electrons. The largest absolute Gasteiger partial charge is 0.348 e. The van der Waals surface area contributed by atoms with Crippen LogP contribution < -0.4 is 10.9 Å². The summed E-state index contributed by atoms with van der Waals surface area (Å²) in [6.07, 6.45) is 4.75. The molecule has 7 heteroatoms. The van der Waals surface area contributed by atoms with Crippen molar-refractivity contribution in [2.45, 2.75) is 13.1 Å². The molecule has 2 heterocycles. The normalized spacial score (nSPS) is 10.5. The molecule has 1 N–H and O–H groups in total. The van der Waals surface area contributed by atoms with Crippen LogP contribution in [0.15, 0.2) is 60.0 Å². The zero-order valence-electron chi connectivity index (χ0n) is 13.2. The summed E-state index contributed by atoms with van der Waals surface area (Å²) in [5.41, 5.74) is 2.23. The number of pyridine rings is 1. The second-order valence-electron chi connectivity index (χ2n) is 5.46. The van der Waals surface area contributed by atoms with Crippen LogP contribution in [0.4, 0.5) is 0 Å². The Morgan fingerprint density at radius 1 is 1.17 bits per heavy atom. The first-order valence-electron chi connectivity index (χ1n) is 7.47.